The van der Waals surface area contributed by atoms with Gasteiger partial charge in [-0.3, -0.25) is 0 Å². The number of halogens is 6. The van der Waals surface area contributed by atoms with Crippen molar-refractivity contribution < 1.29 is 25.2 Å². The fourth-order valence-corrected chi connectivity index (χ4v) is 0. The first-order valence-corrected chi connectivity index (χ1v) is 6.91. The third-order valence-corrected chi connectivity index (χ3v) is 0. The average Bonchev–Trinajstić information content (AvgIpc) is 1.11. The van der Waals surface area contributed by atoms with E-state index in [9.17, 15) is 25.2 Å². The molecule has 9 heteroatoms. The van der Waals surface area contributed by atoms with Crippen LogP contribution in [-0.4, -0.2) is 13.3 Å². The molecule has 0 aromatic rings. The van der Waals surface area contributed by atoms with Gasteiger partial charge in [0.25, 0.3) is 0 Å². The van der Waals surface area contributed by atoms with Crippen LogP contribution in [-0.2, 0) is 0 Å². The molecule has 0 bridgehead atoms. The third kappa shape index (κ3) is 4590. The van der Waals surface area contributed by atoms with Gasteiger partial charge in [-0.2, -0.15) is 0 Å². The van der Waals surface area contributed by atoms with E-state index in [4.69, 9.17) is 5.50 Å². The molecule has 0 unspecified atom stereocenters. The second-order valence-electron chi connectivity index (χ2n) is 2.04. The number of hydrogen-bond acceptors (Lipinski definition) is 1. The van der Waals surface area contributed by atoms with Crippen molar-refractivity contribution in [3.05, 3.63) is 0 Å². The van der Waals surface area contributed by atoms with E-state index in [2.05, 4.69) is 0 Å². The Hall–Kier alpha value is 0.400. The monoisotopic (exact) mass is 223 g/mol. The Morgan fingerprint density at radius 2 is 0.909 bits per heavy atom. The molecule has 74 valence electrons. The first kappa shape index (κ1) is 14.0. The van der Waals surface area contributed by atoms with E-state index in [1.165, 1.54) is 0 Å². The molecule has 0 aliphatic heterocycles. The van der Waals surface area contributed by atoms with Crippen LogP contribution >= 0.6 is 15.9 Å². The number of nitrogens with two attached hydrogens (primary N) is 1. The molecule has 0 radical (unpaired) electrons. The van der Waals surface area contributed by atoms with Crippen molar-refractivity contribution in [1.29, 1.82) is 0 Å². The molecule has 0 aromatic carbocycles. The zero-order valence-electron chi connectivity index (χ0n) is 5.79. The fourth-order valence-electron chi connectivity index (χ4n) is 0. The van der Waals surface area contributed by atoms with Gasteiger partial charge in [-0.1, -0.05) is 0 Å². The predicted molar refractivity (Wildman–Crippen MR) is 37.9 cm³/mol. The predicted octanol–water partition coefficient (Wildman–Crippen LogP) is 3.72. The van der Waals surface area contributed by atoms with E-state index in [0.717, 1.165) is 0 Å². The topological polar surface area (TPSA) is 26.0 Å². The molecule has 2 N–H and O–H groups in total. The van der Waals surface area contributed by atoms with Gasteiger partial charge in [0.05, 0.1) is 21.4 Å². The maximum absolute atomic E-state index is 10.7. The van der Waals surface area contributed by atoms with Gasteiger partial charge >= 0.3 is 33.0 Å². The van der Waals surface area contributed by atoms with Gasteiger partial charge in [0.1, 0.15) is 0 Å². The van der Waals surface area contributed by atoms with Gasteiger partial charge in [0, 0.05) is 0 Å². The summed E-state index contributed by atoms with van der Waals surface area (Å²) in [4.78, 5) is 0. The van der Waals surface area contributed by atoms with Crippen molar-refractivity contribution in [2.75, 3.05) is 13.3 Å². The van der Waals surface area contributed by atoms with Crippen molar-refractivity contribution in [2.24, 2.45) is 5.50 Å². The van der Waals surface area contributed by atoms with Crippen molar-refractivity contribution in [1.82, 2.24) is 0 Å². The van der Waals surface area contributed by atoms with Crippen molar-refractivity contribution in [3.8, 4) is 0 Å². The average molecular weight is 223 g/mol. The van der Waals surface area contributed by atoms with Gasteiger partial charge in [-0.25, -0.2) is 5.50 Å². The van der Waals surface area contributed by atoms with E-state index in [1.807, 2.05) is 13.3 Å². The van der Waals surface area contributed by atoms with Crippen LogP contribution in [0.4, 0.5) is 25.2 Å². The van der Waals surface area contributed by atoms with Crippen molar-refractivity contribution >= 4 is 15.9 Å². The molecule has 0 amide bonds. The first-order chi connectivity index (χ1) is 4.18. The van der Waals surface area contributed by atoms with Crippen LogP contribution in [0.2, 0.25) is 0 Å². The Labute approximate surface area is 61.0 Å². The number of rotatable bonds is 0. The molecule has 0 aromatic heterocycles. The van der Waals surface area contributed by atoms with Gasteiger partial charge in [0.15, 0.2) is 0 Å². The Morgan fingerprint density at radius 3 is 0.909 bits per heavy atom. The molecule has 0 rings (SSSR count). The van der Waals surface area contributed by atoms with E-state index in [-0.39, 0.29) is 8.07 Å². The molecule has 0 heterocycles. The number of hydrogen-bond donors (Lipinski definition) is 1. The Morgan fingerprint density at radius 1 is 0.909 bits per heavy atom. The Bertz CT molecular complexity index is 105. The minimum atomic E-state index is -10.7. The minimum absolute atomic E-state index is 0.380. The molecule has 11 heavy (non-hydrogen) atoms. The fraction of sp³-hybridized carbons (Fsp3) is 1.00. The van der Waals surface area contributed by atoms with E-state index < -0.39 is 7.81 Å². The van der Waals surface area contributed by atoms with Gasteiger partial charge in [-0.05, 0) is 0 Å². The molecular formula is C2H9F6NP2. The van der Waals surface area contributed by atoms with E-state index >= 15 is 0 Å². The zero-order valence-corrected chi connectivity index (χ0v) is 7.69. The summed E-state index contributed by atoms with van der Waals surface area (Å²) < 4.78 is 59.2. The van der Waals surface area contributed by atoms with Crippen LogP contribution in [0.25, 0.3) is 0 Å². The van der Waals surface area contributed by atoms with Crippen LogP contribution in [0.15, 0.2) is 0 Å². The summed E-state index contributed by atoms with van der Waals surface area (Å²) in [5.41, 5.74) is 5.21. The summed E-state index contributed by atoms with van der Waals surface area (Å²) in [5, 5.41) is 0. The maximum atomic E-state index is 9.87. The first-order valence-electron chi connectivity index (χ1n) is 2.30. The van der Waals surface area contributed by atoms with Gasteiger partial charge in [-0.15, -0.1) is 0 Å². The molecule has 1 nitrogen and oxygen atoms in total. The molecule has 0 saturated carbocycles. The van der Waals surface area contributed by atoms with Crippen LogP contribution < -0.4 is 5.50 Å². The third-order valence-electron chi connectivity index (χ3n) is 0. The van der Waals surface area contributed by atoms with E-state index in [0.29, 0.717) is 0 Å². The second kappa shape index (κ2) is 2.71. The molecule has 0 fully saturated rings. The molecule has 0 aliphatic rings. The standard InChI is InChI=1S/C2H8NP.F6P/c1-4(2)3;1-7(2,3,4,5)6/h3H2,1-2H3;/q;-1/p+1. The molecule has 0 atom stereocenters. The van der Waals surface area contributed by atoms with Crippen LogP contribution in [0, 0.1) is 0 Å². The summed E-state index contributed by atoms with van der Waals surface area (Å²) in [7, 11) is -11.0. The van der Waals surface area contributed by atoms with E-state index in [1.54, 1.807) is 0 Å². The molecular weight excluding hydrogens is 214 g/mol. The van der Waals surface area contributed by atoms with Gasteiger partial charge in [0.2, 0.25) is 0 Å². The van der Waals surface area contributed by atoms with Crippen molar-refractivity contribution in [3.63, 3.8) is 0 Å². The quantitative estimate of drug-likeness (QED) is 0.491. The summed E-state index contributed by atoms with van der Waals surface area (Å²) in [6, 6.07) is 0. The van der Waals surface area contributed by atoms with Crippen LogP contribution in [0.1, 0.15) is 0 Å². The molecule has 0 spiro atoms. The zero-order chi connectivity index (χ0) is 9.99. The van der Waals surface area contributed by atoms with Gasteiger partial charge < -0.3 is 0 Å². The summed E-state index contributed by atoms with van der Waals surface area (Å²) in [6.45, 7) is 4.09. The normalized spacial score (nSPS) is 18.0. The summed E-state index contributed by atoms with van der Waals surface area (Å²) in [5.74, 6) is 0. The van der Waals surface area contributed by atoms with Crippen LogP contribution in [0.5, 0.6) is 0 Å². The van der Waals surface area contributed by atoms with Crippen LogP contribution in [0.3, 0.4) is 0 Å². The Balaban J connectivity index is 0. The molecule has 0 saturated heterocycles. The summed E-state index contributed by atoms with van der Waals surface area (Å²) in [6.07, 6.45) is 0. The SMILES string of the molecule is C[PH+](C)N.F[P-](F)(F)(F)(F)F. The summed E-state index contributed by atoms with van der Waals surface area (Å²) >= 11 is 0. The second-order valence-corrected chi connectivity index (χ2v) is 6.11. The Kier molecular flexibility index (Phi) is 3.44. The van der Waals surface area contributed by atoms with Crippen molar-refractivity contribution in [2.45, 2.75) is 0 Å². The molecule has 0 aliphatic carbocycles.